The summed E-state index contributed by atoms with van der Waals surface area (Å²) in [6.45, 7) is 6.97. The summed E-state index contributed by atoms with van der Waals surface area (Å²) in [5, 5.41) is 21.1. The maximum absolute atomic E-state index is 11.6. The number of aliphatic carboxylic acids is 1. The average Bonchev–Trinajstić information content (AvgIpc) is 2.28. The van der Waals surface area contributed by atoms with E-state index < -0.39 is 17.7 Å². The second-order valence-electron chi connectivity index (χ2n) is 5.90. The topological polar surface area (TPSA) is 95.9 Å². The normalized spacial score (nSPS) is 12.6. The number of amides is 1. The molecule has 0 aliphatic heterocycles. The molecule has 116 valence electrons. The Balaban J connectivity index is 2.79. The van der Waals surface area contributed by atoms with Crippen molar-refractivity contribution in [3.05, 3.63) is 23.8 Å². The zero-order valence-electron chi connectivity index (χ0n) is 12.6. The van der Waals surface area contributed by atoms with Gasteiger partial charge in [0, 0.05) is 0 Å². The number of ether oxygens (including phenoxy) is 1. The van der Waals surface area contributed by atoms with Gasteiger partial charge in [0.25, 0.3) is 0 Å². The lowest BCUT2D eigenvalue weighted by Crippen LogP contribution is -2.27. The molecule has 0 saturated heterocycles. The van der Waals surface area contributed by atoms with E-state index in [-0.39, 0.29) is 23.8 Å². The molecule has 1 aromatic rings. The van der Waals surface area contributed by atoms with Crippen LogP contribution < -0.4 is 5.32 Å². The fraction of sp³-hybridized carbons (Fsp3) is 0.467. The van der Waals surface area contributed by atoms with Gasteiger partial charge in [0.15, 0.2) is 0 Å². The van der Waals surface area contributed by atoms with Crippen LogP contribution in [0.2, 0.25) is 0 Å². The zero-order valence-corrected chi connectivity index (χ0v) is 12.6. The number of phenols is 1. The van der Waals surface area contributed by atoms with Crippen LogP contribution in [0, 0.1) is 0 Å². The number of rotatable bonds is 4. The van der Waals surface area contributed by atoms with Crippen LogP contribution in [0.15, 0.2) is 18.2 Å². The van der Waals surface area contributed by atoms with Crippen molar-refractivity contribution in [2.24, 2.45) is 0 Å². The number of hydrogen-bond acceptors (Lipinski definition) is 4. The number of benzene rings is 1. The first-order valence-electron chi connectivity index (χ1n) is 6.63. The van der Waals surface area contributed by atoms with Crippen molar-refractivity contribution in [1.29, 1.82) is 0 Å². The third-order valence-corrected chi connectivity index (χ3v) is 2.71. The Kier molecular flexibility index (Phi) is 5.18. The number of carbonyl (C=O) groups is 2. The predicted octanol–water partition coefficient (Wildman–Crippen LogP) is 3.32. The van der Waals surface area contributed by atoms with Gasteiger partial charge in [0.2, 0.25) is 0 Å². The lowest BCUT2D eigenvalue weighted by molar-refractivity contribution is -0.137. The largest absolute Gasteiger partial charge is 0.506 e. The second-order valence-corrected chi connectivity index (χ2v) is 5.90. The SMILES string of the molecule is CC(CC(=O)O)c1ccc(NC(=O)OC(C)(C)C)c(O)c1. The van der Waals surface area contributed by atoms with Gasteiger partial charge in [0.05, 0.1) is 12.1 Å². The lowest BCUT2D eigenvalue weighted by Gasteiger charge is -2.20. The molecule has 3 N–H and O–H groups in total. The van der Waals surface area contributed by atoms with Crippen LogP contribution >= 0.6 is 0 Å². The Bertz CT molecular complexity index is 533. The van der Waals surface area contributed by atoms with Crippen molar-refractivity contribution < 1.29 is 24.5 Å². The fourth-order valence-corrected chi connectivity index (χ4v) is 1.75. The summed E-state index contributed by atoms with van der Waals surface area (Å²) in [4.78, 5) is 22.3. The molecule has 1 amide bonds. The molecule has 0 aromatic heterocycles. The molecule has 0 aliphatic carbocycles. The summed E-state index contributed by atoms with van der Waals surface area (Å²) < 4.78 is 5.09. The molecule has 1 rings (SSSR count). The summed E-state index contributed by atoms with van der Waals surface area (Å²) in [7, 11) is 0. The number of carboxylic acid groups (broad SMARTS) is 1. The van der Waals surface area contributed by atoms with Crippen LogP contribution in [0.5, 0.6) is 5.75 Å². The van der Waals surface area contributed by atoms with Crippen molar-refractivity contribution in [2.45, 2.75) is 45.6 Å². The van der Waals surface area contributed by atoms with Crippen molar-refractivity contribution in [1.82, 2.24) is 0 Å². The van der Waals surface area contributed by atoms with Gasteiger partial charge < -0.3 is 14.9 Å². The molecule has 1 unspecified atom stereocenters. The number of nitrogens with one attached hydrogen (secondary N) is 1. The van der Waals surface area contributed by atoms with E-state index in [9.17, 15) is 14.7 Å². The molecule has 1 atom stereocenters. The van der Waals surface area contributed by atoms with Gasteiger partial charge in [-0.3, -0.25) is 10.1 Å². The third-order valence-electron chi connectivity index (χ3n) is 2.71. The van der Waals surface area contributed by atoms with E-state index in [0.29, 0.717) is 5.56 Å². The number of phenolic OH excluding ortho intramolecular Hbond substituents is 1. The molecule has 1 aromatic carbocycles. The summed E-state index contributed by atoms with van der Waals surface area (Å²) in [5.74, 6) is -1.27. The smallest absolute Gasteiger partial charge is 0.412 e. The Morgan fingerprint density at radius 3 is 2.43 bits per heavy atom. The van der Waals surface area contributed by atoms with E-state index in [4.69, 9.17) is 9.84 Å². The highest BCUT2D eigenvalue weighted by Gasteiger charge is 2.18. The second kappa shape index (κ2) is 6.47. The number of hydrogen-bond donors (Lipinski definition) is 3. The van der Waals surface area contributed by atoms with Crippen molar-refractivity contribution in [2.75, 3.05) is 5.32 Å². The number of carbonyl (C=O) groups excluding carboxylic acids is 1. The minimum absolute atomic E-state index is 0.0295. The van der Waals surface area contributed by atoms with Gasteiger partial charge in [-0.1, -0.05) is 13.0 Å². The van der Waals surface area contributed by atoms with Gasteiger partial charge >= 0.3 is 12.1 Å². The first kappa shape index (κ1) is 16.8. The summed E-state index contributed by atoms with van der Waals surface area (Å²) >= 11 is 0. The van der Waals surface area contributed by atoms with Gasteiger partial charge in [-0.2, -0.15) is 0 Å². The summed E-state index contributed by atoms with van der Waals surface area (Å²) in [6, 6.07) is 4.63. The first-order chi connectivity index (χ1) is 9.58. The molecule has 0 heterocycles. The van der Waals surface area contributed by atoms with Crippen LogP contribution in [0.3, 0.4) is 0 Å². The number of carboxylic acids is 1. The van der Waals surface area contributed by atoms with E-state index >= 15 is 0 Å². The van der Waals surface area contributed by atoms with Gasteiger partial charge in [-0.05, 0) is 44.4 Å². The predicted molar refractivity (Wildman–Crippen MR) is 78.6 cm³/mol. The van der Waals surface area contributed by atoms with Crippen molar-refractivity contribution >= 4 is 17.7 Å². The Morgan fingerprint density at radius 2 is 1.95 bits per heavy atom. The molecule has 0 aliphatic rings. The molecule has 0 spiro atoms. The lowest BCUT2D eigenvalue weighted by atomic mass is 9.97. The van der Waals surface area contributed by atoms with Crippen LogP contribution in [-0.2, 0) is 9.53 Å². The monoisotopic (exact) mass is 295 g/mol. The highest BCUT2D eigenvalue weighted by atomic mass is 16.6. The maximum atomic E-state index is 11.6. The highest BCUT2D eigenvalue weighted by Crippen LogP contribution is 2.29. The van der Waals surface area contributed by atoms with Crippen LogP contribution in [0.4, 0.5) is 10.5 Å². The van der Waals surface area contributed by atoms with Gasteiger partial charge in [0.1, 0.15) is 11.4 Å². The highest BCUT2D eigenvalue weighted by molar-refractivity contribution is 5.87. The van der Waals surface area contributed by atoms with E-state index in [0.717, 1.165) is 0 Å². The van der Waals surface area contributed by atoms with Crippen LogP contribution in [-0.4, -0.2) is 27.9 Å². The fourth-order valence-electron chi connectivity index (χ4n) is 1.75. The Morgan fingerprint density at radius 1 is 1.33 bits per heavy atom. The summed E-state index contributed by atoms with van der Waals surface area (Å²) in [5.41, 5.74) is 0.274. The van der Waals surface area contributed by atoms with Crippen LogP contribution in [0.1, 0.15) is 45.6 Å². The van der Waals surface area contributed by atoms with Gasteiger partial charge in [-0.15, -0.1) is 0 Å². The molecule has 0 radical (unpaired) electrons. The zero-order chi connectivity index (χ0) is 16.2. The molecule has 6 heteroatoms. The van der Waals surface area contributed by atoms with Gasteiger partial charge in [-0.25, -0.2) is 4.79 Å². The molecule has 0 saturated carbocycles. The van der Waals surface area contributed by atoms with E-state index in [1.54, 1.807) is 33.8 Å². The number of anilines is 1. The minimum Gasteiger partial charge on any atom is -0.506 e. The molecule has 21 heavy (non-hydrogen) atoms. The molecular weight excluding hydrogens is 274 g/mol. The average molecular weight is 295 g/mol. The van der Waals surface area contributed by atoms with E-state index in [2.05, 4.69) is 5.32 Å². The maximum Gasteiger partial charge on any atom is 0.412 e. The Hall–Kier alpha value is -2.24. The van der Waals surface area contributed by atoms with Crippen LogP contribution in [0.25, 0.3) is 0 Å². The molecule has 0 bridgehead atoms. The quantitative estimate of drug-likeness (QED) is 0.740. The molecule has 6 nitrogen and oxygen atoms in total. The van der Waals surface area contributed by atoms with Crippen molar-refractivity contribution in [3.63, 3.8) is 0 Å². The Labute approximate surface area is 123 Å². The summed E-state index contributed by atoms with van der Waals surface area (Å²) in [6.07, 6.45) is -0.692. The van der Waals surface area contributed by atoms with E-state index in [1.807, 2.05) is 0 Å². The standard InChI is InChI=1S/C15H21NO5/c1-9(7-13(18)19)10-5-6-11(12(17)8-10)16-14(20)21-15(2,3)4/h5-6,8-9,17H,7H2,1-4H3,(H,16,20)(H,18,19). The molecule has 0 fully saturated rings. The molecular formula is C15H21NO5. The minimum atomic E-state index is -0.905. The first-order valence-corrected chi connectivity index (χ1v) is 6.63. The third kappa shape index (κ3) is 5.72. The van der Waals surface area contributed by atoms with Crippen molar-refractivity contribution in [3.8, 4) is 5.75 Å². The number of aromatic hydroxyl groups is 1. The van der Waals surface area contributed by atoms with E-state index in [1.165, 1.54) is 12.1 Å².